The SMILES string of the molecule is C[n+]1ccn(-c2ccc3c(c2)C(c2ccc4c5ccccc5n(-c5ccccn5)c4c2)c2ccccc2-3)c1. The van der Waals surface area contributed by atoms with Gasteiger partial charge in [0.05, 0.1) is 18.1 Å². The van der Waals surface area contributed by atoms with Gasteiger partial charge in [-0.3, -0.25) is 4.57 Å². The van der Waals surface area contributed by atoms with E-state index >= 15 is 0 Å². The molecule has 1 aliphatic rings. The van der Waals surface area contributed by atoms with Gasteiger partial charge in [0.1, 0.15) is 23.9 Å². The van der Waals surface area contributed by atoms with E-state index in [4.69, 9.17) is 4.98 Å². The summed E-state index contributed by atoms with van der Waals surface area (Å²) in [4.78, 5) is 4.73. The number of para-hydroxylation sites is 1. The van der Waals surface area contributed by atoms with Crippen LogP contribution in [0.4, 0.5) is 0 Å². The minimum Gasteiger partial charge on any atom is -0.294 e. The van der Waals surface area contributed by atoms with Crippen LogP contribution in [0.25, 0.3) is 44.4 Å². The van der Waals surface area contributed by atoms with Crippen LogP contribution in [-0.2, 0) is 7.05 Å². The fraction of sp³-hybridized carbons (Fsp3) is 0.0588. The molecule has 3 aromatic heterocycles. The van der Waals surface area contributed by atoms with Crippen LogP contribution in [0.1, 0.15) is 22.6 Å². The third kappa shape index (κ3) is 3.04. The first-order chi connectivity index (χ1) is 18.8. The van der Waals surface area contributed by atoms with Crippen molar-refractivity contribution < 1.29 is 4.57 Å². The number of nitrogens with zero attached hydrogens (tertiary/aromatic N) is 4. The highest BCUT2D eigenvalue weighted by Gasteiger charge is 2.31. The fourth-order valence-electron chi connectivity index (χ4n) is 6.22. The zero-order valence-electron chi connectivity index (χ0n) is 21.0. The molecule has 4 nitrogen and oxygen atoms in total. The predicted molar refractivity (Wildman–Crippen MR) is 152 cm³/mol. The van der Waals surface area contributed by atoms with Gasteiger partial charge < -0.3 is 0 Å². The Labute approximate surface area is 220 Å². The molecule has 0 amide bonds. The average Bonchev–Trinajstić information content (AvgIpc) is 3.64. The molecule has 0 radical (unpaired) electrons. The lowest BCUT2D eigenvalue weighted by molar-refractivity contribution is -0.670. The number of hydrogen-bond donors (Lipinski definition) is 0. The first kappa shape index (κ1) is 21.2. The second-order valence-electron chi connectivity index (χ2n) is 10.1. The predicted octanol–water partition coefficient (Wildman–Crippen LogP) is 6.95. The summed E-state index contributed by atoms with van der Waals surface area (Å²) in [6, 6.07) is 37.4. The van der Waals surface area contributed by atoms with Crippen molar-refractivity contribution in [1.82, 2.24) is 14.1 Å². The average molecular weight is 490 g/mol. The molecule has 38 heavy (non-hydrogen) atoms. The van der Waals surface area contributed by atoms with E-state index in [1.54, 1.807) is 0 Å². The van der Waals surface area contributed by atoms with E-state index in [0.29, 0.717) is 0 Å². The Kier molecular flexibility index (Phi) is 4.47. The van der Waals surface area contributed by atoms with Crippen molar-refractivity contribution in [2.24, 2.45) is 7.05 Å². The van der Waals surface area contributed by atoms with Crippen molar-refractivity contribution in [2.75, 3.05) is 0 Å². The number of aromatic nitrogens is 4. The van der Waals surface area contributed by atoms with Crippen LogP contribution in [0.3, 0.4) is 0 Å². The first-order valence-corrected chi connectivity index (χ1v) is 13.0. The monoisotopic (exact) mass is 489 g/mol. The van der Waals surface area contributed by atoms with E-state index in [-0.39, 0.29) is 5.92 Å². The van der Waals surface area contributed by atoms with Crippen molar-refractivity contribution in [3.05, 3.63) is 145 Å². The van der Waals surface area contributed by atoms with E-state index in [0.717, 1.165) is 5.82 Å². The molecular weight excluding hydrogens is 464 g/mol. The Morgan fingerprint density at radius 1 is 0.711 bits per heavy atom. The van der Waals surface area contributed by atoms with Gasteiger partial charge in [0.15, 0.2) is 0 Å². The molecule has 0 spiro atoms. The number of pyridine rings is 1. The maximum absolute atomic E-state index is 4.73. The number of rotatable bonds is 3. The highest BCUT2D eigenvalue weighted by Crippen LogP contribution is 2.49. The highest BCUT2D eigenvalue weighted by atomic mass is 15.1. The Morgan fingerprint density at radius 3 is 2.39 bits per heavy atom. The molecule has 1 atom stereocenters. The van der Waals surface area contributed by atoms with Gasteiger partial charge in [0, 0.05) is 22.9 Å². The molecule has 0 aliphatic heterocycles. The summed E-state index contributed by atoms with van der Waals surface area (Å²) in [6.07, 6.45) is 8.15. The summed E-state index contributed by atoms with van der Waals surface area (Å²) in [6.45, 7) is 0. The molecule has 0 saturated heterocycles. The van der Waals surface area contributed by atoms with Gasteiger partial charge in [0.2, 0.25) is 6.33 Å². The Morgan fingerprint density at radius 2 is 1.53 bits per heavy atom. The topological polar surface area (TPSA) is 26.6 Å². The van der Waals surface area contributed by atoms with Crippen molar-refractivity contribution >= 4 is 21.8 Å². The highest BCUT2D eigenvalue weighted by molar-refractivity contribution is 6.09. The standard InChI is InChI=1S/C34H25N4/c1-36-18-19-37(22-36)24-14-16-26-25-8-2-3-10-29(25)34(30(26)21-24)23-13-15-28-27-9-4-5-11-31(27)38(32(28)20-23)33-12-6-7-17-35-33/h2-22,34H,1H3/q+1. The lowest BCUT2D eigenvalue weighted by atomic mass is 9.88. The molecule has 0 fully saturated rings. The quantitative estimate of drug-likeness (QED) is 0.247. The van der Waals surface area contributed by atoms with Gasteiger partial charge in [-0.2, -0.15) is 0 Å². The summed E-state index contributed by atoms with van der Waals surface area (Å²) in [5.74, 6) is 1.09. The van der Waals surface area contributed by atoms with Crippen LogP contribution in [0, 0.1) is 0 Å². The molecule has 1 unspecified atom stereocenters. The number of imidazole rings is 1. The maximum atomic E-state index is 4.73. The third-order valence-electron chi connectivity index (χ3n) is 7.88. The van der Waals surface area contributed by atoms with Gasteiger partial charge in [-0.25, -0.2) is 14.1 Å². The Hall–Kier alpha value is -4.96. The summed E-state index contributed by atoms with van der Waals surface area (Å²) in [5, 5.41) is 2.49. The van der Waals surface area contributed by atoms with Crippen molar-refractivity contribution in [3.63, 3.8) is 0 Å². The molecule has 0 saturated carbocycles. The summed E-state index contributed by atoms with van der Waals surface area (Å²) in [7, 11) is 2.05. The van der Waals surface area contributed by atoms with Crippen molar-refractivity contribution in [2.45, 2.75) is 5.92 Å². The molecular formula is C34H25N4+. The van der Waals surface area contributed by atoms with Crippen LogP contribution in [0.5, 0.6) is 0 Å². The van der Waals surface area contributed by atoms with Gasteiger partial charge >= 0.3 is 0 Å². The molecule has 4 heteroatoms. The summed E-state index contributed by atoms with van der Waals surface area (Å²) < 4.78 is 6.55. The second kappa shape index (κ2) is 8.02. The minimum atomic E-state index is 0.157. The number of hydrogen-bond acceptors (Lipinski definition) is 1. The van der Waals surface area contributed by atoms with Crippen LogP contribution >= 0.6 is 0 Å². The zero-order chi connectivity index (χ0) is 25.2. The third-order valence-corrected chi connectivity index (χ3v) is 7.88. The zero-order valence-corrected chi connectivity index (χ0v) is 21.0. The van der Waals surface area contributed by atoms with E-state index in [1.807, 2.05) is 12.3 Å². The largest absolute Gasteiger partial charge is 0.294 e. The molecule has 4 aromatic carbocycles. The molecule has 180 valence electrons. The van der Waals surface area contributed by atoms with Crippen molar-refractivity contribution in [1.29, 1.82) is 0 Å². The first-order valence-electron chi connectivity index (χ1n) is 13.0. The van der Waals surface area contributed by atoms with E-state index in [2.05, 4.69) is 137 Å². The maximum Gasteiger partial charge on any atom is 0.248 e. The second-order valence-corrected chi connectivity index (χ2v) is 10.1. The van der Waals surface area contributed by atoms with Crippen LogP contribution < -0.4 is 4.57 Å². The molecule has 3 heterocycles. The minimum absolute atomic E-state index is 0.157. The molecule has 0 N–H and O–H groups in total. The number of aryl methyl sites for hydroxylation is 1. The number of benzene rings is 4. The van der Waals surface area contributed by atoms with Crippen LogP contribution in [0.15, 0.2) is 128 Å². The lowest BCUT2D eigenvalue weighted by Crippen LogP contribution is -2.23. The normalized spacial score (nSPS) is 14.2. The van der Waals surface area contributed by atoms with Crippen LogP contribution in [-0.4, -0.2) is 14.1 Å². The van der Waals surface area contributed by atoms with Crippen LogP contribution in [0.2, 0.25) is 0 Å². The van der Waals surface area contributed by atoms with Crippen molar-refractivity contribution in [3.8, 4) is 22.6 Å². The Balaban J connectivity index is 1.38. The van der Waals surface area contributed by atoms with Gasteiger partial charge in [0.25, 0.3) is 0 Å². The van der Waals surface area contributed by atoms with Gasteiger partial charge in [-0.1, -0.05) is 60.7 Å². The van der Waals surface area contributed by atoms with Gasteiger partial charge in [-0.15, -0.1) is 0 Å². The van der Waals surface area contributed by atoms with E-state index < -0.39 is 0 Å². The number of fused-ring (bicyclic) bond motifs is 6. The summed E-state index contributed by atoms with van der Waals surface area (Å²) in [5.41, 5.74) is 10.2. The summed E-state index contributed by atoms with van der Waals surface area (Å²) >= 11 is 0. The van der Waals surface area contributed by atoms with E-state index in [9.17, 15) is 0 Å². The Bertz CT molecular complexity index is 1990. The lowest BCUT2D eigenvalue weighted by Gasteiger charge is -2.16. The van der Waals surface area contributed by atoms with Gasteiger partial charge in [-0.05, 0) is 70.3 Å². The van der Waals surface area contributed by atoms with E-state index in [1.165, 1.54) is 55.3 Å². The fourth-order valence-corrected chi connectivity index (χ4v) is 6.22. The molecule has 0 bridgehead atoms. The molecule has 1 aliphatic carbocycles. The smallest absolute Gasteiger partial charge is 0.248 e. The molecule has 7 aromatic rings. The molecule has 8 rings (SSSR count).